The van der Waals surface area contributed by atoms with Gasteiger partial charge in [0.2, 0.25) is 11.3 Å². The predicted octanol–water partition coefficient (Wildman–Crippen LogP) is 2.37. The molecule has 3 aliphatic carbocycles. The molecule has 7 N–H and O–H groups in total. The first-order chi connectivity index (χ1) is 17.6. The highest BCUT2D eigenvalue weighted by atomic mass is 16.3. The fourth-order valence-electron chi connectivity index (χ4n) is 5.96. The zero-order valence-corrected chi connectivity index (χ0v) is 19.6. The third kappa shape index (κ3) is 3.24. The van der Waals surface area contributed by atoms with Crippen molar-refractivity contribution >= 4 is 23.2 Å². The second kappa shape index (κ2) is 8.36. The molecule has 1 amide bonds. The monoisotopic (exact) mass is 501 g/mol. The Labute approximate surface area is 210 Å². The molecule has 0 radical (unpaired) electrons. The molecule has 0 fully saturated rings. The van der Waals surface area contributed by atoms with Crippen LogP contribution in [0.4, 0.5) is 5.69 Å². The van der Waals surface area contributed by atoms with E-state index >= 15 is 0 Å². The Morgan fingerprint density at radius 2 is 1.81 bits per heavy atom. The third-order valence-corrected chi connectivity index (χ3v) is 7.74. The van der Waals surface area contributed by atoms with E-state index in [1.54, 1.807) is 6.07 Å². The van der Waals surface area contributed by atoms with Gasteiger partial charge in [-0.05, 0) is 57.9 Å². The first kappa shape index (κ1) is 24.3. The summed E-state index contributed by atoms with van der Waals surface area (Å²) in [5.74, 6) is -4.82. The summed E-state index contributed by atoms with van der Waals surface area (Å²) in [7, 11) is 0. The summed E-state index contributed by atoms with van der Waals surface area (Å²) < 4.78 is 0. The van der Waals surface area contributed by atoms with Crippen LogP contribution in [0.5, 0.6) is 0 Å². The summed E-state index contributed by atoms with van der Waals surface area (Å²) in [5.41, 5.74) is 15.5. The van der Waals surface area contributed by atoms with Gasteiger partial charge in [0.15, 0.2) is 5.78 Å². The average Bonchev–Trinajstić information content (AvgIpc) is 2.88. The van der Waals surface area contributed by atoms with E-state index in [1.807, 2.05) is 24.3 Å². The molecule has 5 rings (SSSR count). The molecule has 0 bridgehead atoms. The number of aliphatic hydroxyl groups excluding tert-OH is 1. The summed E-state index contributed by atoms with van der Waals surface area (Å²) in [5, 5.41) is 17.3. The minimum atomic E-state index is -2.42. The van der Waals surface area contributed by atoms with Gasteiger partial charge in [0.25, 0.3) is 5.91 Å². The highest BCUT2D eigenvalue weighted by Gasteiger charge is 2.63. The number of Topliss-reactive ketones (excluding diaryl/α,β-unsaturated/α-hetero) is 2. The molecule has 188 valence electrons. The third-order valence-electron chi connectivity index (χ3n) is 7.74. The number of rotatable bonds is 5. The van der Waals surface area contributed by atoms with Gasteiger partial charge < -0.3 is 22.3 Å². The topological polar surface area (TPSA) is 208 Å². The van der Waals surface area contributed by atoms with E-state index in [2.05, 4.69) is 10.4 Å². The summed E-state index contributed by atoms with van der Waals surface area (Å²) >= 11 is 0. The van der Waals surface area contributed by atoms with Crippen molar-refractivity contribution in [2.75, 3.05) is 0 Å². The van der Waals surface area contributed by atoms with Gasteiger partial charge in [0.05, 0.1) is 22.2 Å². The molecular formula is C26H23N5O6. The van der Waals surface area contributed by atoms with Crippen molar-refractivity contribution in [2.45, 2.75) is 36.9 Å². The van der Waals surface area contributed by atoms with E-state index in [4.69, 9.17) is 17.2 Å². The molecule has 0 unspecified atom stereocenters. The fraction of sp³-hybridized carbons (Fsp3) is 0.269. The van der Waals surface area contributed by atoms with Crippen LogP contribution < -0.4 is 17.2 Å². The van der Waals surface area contributed by atoms with E-state index in [9.17, 15) is 29.3 Å². The van der Waals surface area contributed by atoms with Crippen molar-refractivity contribution in [2.24, 2.45) is 33.5 Å². The van der Waals surface area contributed by atoms with Crippen LogP contribution in [-0.4, -0.2) is 33.7 Å². The van der Waals surface area contributed by atoms with Crippen LogP contribution in [0.15, 0.2) is 69.7 Å². The lowest BCUT2D eigenvalue weighted by molar-refractivity contribution is -0.126. The second-order valence-corrected chi connectivity index (χ2v) is 9.67. The van der Waals surface area contributed by atoms with Crippen LogP contribution >= 0.6 is 0 Å². The molecule has 2 aromatic rings. The lowest BCUT2D eigenvalue weighted by Gasteiger charge is -2.49. The number of carbonyl (C=O) groups is 3. The number of nitrogens with two attached hydrogens (primary N) is 3. The molecule has 11 nitrogen and oxygen atoms in total. The quantitative estimate of drug-likeness (QED) is 0.352. The SMILES string of the molecule is NCc1ccc(-c2ccc(N=O)c3c2C[C@@]2(N)C[C@H]4CC=C(C(N)=O)C(=O)[C@@]4(N=O)C(O)=C2C3=O)cc1. The number of benzene rings is 2. The first-order valence-electron chi connectivity index (χ1n) is 11.6. The van der Waals surface area contributed by atoms with Crippen molar-refractivity contribution in [1.29, 1.82) is 0 Å². The number of allylic oxidation sites excluding steroid dienone is 1. The Morgan fingerprint density at radius 3 is 2.41 bits per heavy atom. The molecule has 0 aromatic heterocycles. The van der Waals surface area contributed by atoms with Gasteiger partial charge >= 0.3 is 0 Å². The minimum absolute atomic E-state index is 0.0103. The van der Waals surface area contributed by atoms with Gasteiger partial charge in [-0.15, -0.1) is 9.81 Å². The van der Waals surface area contributed by atoms with E-state index in [0.29, 0.717) is 17.7 Å². The highest BCUT2D eigenvalue weighted by molar-refractivity contribution is 6.25. The van der Waals surface area contributed by atoms with E-state index in [1.165, 1.54) is 12.1 Å². The number of carbonyl (C=O) groups excluding carboxylic acids is 3. The molecule has 0 saturated heterocycles. The minimum Gasteiger partial charge on any atom is -0.509 e. The molecule has 11 heteroatoms. The number of ketones is 2. The fourth-order valence-corrected chi connectivity index (χ4v) is 5.96. The van der Waals surface area contributed by atoms with Gasteiger partial charge in [-0.1, -0.05) is 36.4 Å². The summed E-state index contributed by atoms with van der Waals surface area (Å²) in [6.07, 6.45) is 1.26. The molecule has 3 atom stereocenters. The summed E-state index contributed by atoms with van der Waals surface area (Å²) in [4.78, 5) is 62.8. The van der Waals surface area contributed by atoms with Gasteiger partial charge in [0, 0.05) is 12.5 Å². The number of amides is 1. The van der Waals surface area contributed by atoms with Gasteiger partial charge in [0.1, 0.15) is 11.4 Å². The van der Waals surface area contributed by atoms with E-state index < -0.39 is 51.4 Å². The normalized spacial score (nSPS) is 26.5. The van der Waals surface area contributed by atoms with Crippen LogP contribution in [0.3, 0.4) is 0 Å². The van der Waals surface area contributed by atoms with Crippen molar-refractivity contribution in [3.8, 4) is 11.1 Å². The van der Waals surface area contributed by atoms with Crippen molar-refractivity contribution in [1.82, 2.24) is 0 Å². The van der Waals surface area contributed by atoms with Crippen molar-refractivity contribution in [3.63, 3.8) is 0 Å². The number of hydrogen-bond donors (Lipinski definition) is 4. The lowest BCUT2D eigenvalue weighted by Crippen LogP contribution is -2.63. The van der Waals surface area contributed by atoms with Crippen LogP contribution in [-0.2, 0) is 22.6 Å². The Kier molecular flexibility index (Phi) is 5.50. The maximum absolute atomic E-state index is 13.9. The molecular weight excluding hydrogens is 478 g/mol. The number of hydrogen-bond acceptors (Lipinski definition) is 10. The smallest absolute Gasteiger partial charge is 0.252 e. The Morgan fingerprint density at radius 1 is 1.11 bits per heavy atom. The maximum Gasteiger partial charge on any atom is 0.252 e. The van der Waals surface area contributed by atoms with Gasteiger partial charge in [-0.25, -0.2) is 0 Å². The molecule has 3 aliphatic rings. The number of aliphatic hydroxyl groups is 1. The maximum atomic E-state index is 13.9. The van der Waals surface area contributed by atoms with E-state index in [-0.39, 0.29) is 30.5 Å². The lowest BCUT2D eigenvalue weighted by atomic mass is 9.56. The van der Waals surface area contributed by atoms with Crippen LogP contribution in [0.1, 0.15) is 34.3 Å². The largest absolute Gasteiger partial charge is 0.509 e. The molecule has 2 aromatic carbocycles. The molecule has 0 spiro atoms. The number of primary amides is 1. The van der Waals surface area contributed by atoms with Crippen LogP contribution in [0.25, 0.3) is 11.1 Å². The number of fused-ring (bicyclic) bond motifs is 3. The second-order valence-electron chi connectivity index (χ2n) is 9.67. The average molecular weight is 501 g/mol. The Balaban J connectivity index is 1.75. The van der Waals surface area contributed by atoms with Crippen molar-refractivity contribution in [3.05, 3.63) is 85.9 Å². The molecule has 0 heterocycles. The highest BCUT2D eigenvalue weighted by Crippen LogP contribution is 2.53. The standard InChI is InChI=1S/C26H23N5O6/c27-11-12-1-3-13(4-2-12)15-7-8-18(30-36)19-17(15)10-25(29)9-14-5-6-16(24(28)35)22(33)26(14,31-37)23(34)20(25)21(19)32/h1-4,6-8,14,34H,5,9-11,27,29H2,(H2,28,35)/t14-,25+,26-/m1/s1. The first-order valence-corrected chi connectivity index (χ1v) is 11.6. The van der Waals surface area contributed by atoms with Gasteiger partial charge in [-0.3, -0.25) is 14.4 Å². The Hall–Kier alpha value is -4.35. The Bertz CT molecular complexity index is 1480. The van der Waals surface area contributed by atoms with Gasteiger partial charge in [-0.2, -0.15) is 0 Å². The van der Waals surface area contributed by atoms with E-state index in [0.717, 1.165) is 11.1 Å². The number of nitrogens with zero attached hydrogens (tertiary/aromatic N) is 2. The zero-order chi connectivity index (χ0) is 26.7. The molecule has 0 aliphatic heterocycles. The number of nitroso groups, excluding NO2 is 2. The predicted molar refractivity (Wildman–Crippen MR) is 133 cm³/mol. The summed E-state index contributed by atoms with van der Waals surface area (Å²) in [6, 6.07) is 10.4. The summed E-state index contributed by atoms with van der Waals surface area (Å²) in [6.45, 7) is 0.350. The molecule has 37 heavy (non-hydrogen) atoms. The van der Waals surface area contributed by atoms with Crippen LogP contribution in [0, 0.1) is 15.7 Å². The molecule has 0 saturated carbocycles. The zero-order valence-electron chi connectivity index (χ0n) is 19.6. The van der Waals surface area contributed by atoms with Crippen LogP contribution in [0.2, 0.25) is 0 Å². The van der Waals surface area contributed by atoms with Crippen molar-refractivity contribution < 1.29 is 19.5 Å².